The summed E-state index contributed by atoms with van der Waals surface area (Å²) in [7, 11) is 1.59. The zero-order chi connectivity index (χ0) is 14.8. The van der Waals surface area contributed by atoms with Gasteiger partial charge in [-0.15, -0.1) is 5.10 Å². The van der Waals surface area contributed by atoms with E-state index in [0.717, 1.165) is 11.3 Å². The van der Waals surface area contributed by atoms with E-state index < -0.39 is 5.56 Å². The number of hydrogen-bond donors (Lipinski definition) is 2. The topological polar surface area (TPSA) is 96.8 Å². The Morgan fingerprint density at radius 1 is 1.19 bits per heavy atom. The molecule has 0 unspecified atom stereocenters. The van der Waals surface area contributed by atoms with E-state index in [1.54, 1.807) is 13.2 Å². The van der Waals surface area contributed by atoms with Gasteiger partial charge in [0.2, 0.25) is 0 Å². The largest absolute Gasteiger partial charge is 0.497 e. The molecule has 3 aromatic rings. The van der Waals surface area contributed by atoms with Gasteiger partial charge >= 0.3 is 0 Å². The highest BCUT2D eigenvalue weighted by Gasteiger charge is 2.12. The number of benzene rings is 1. The molecule has 0 spiro atoms. The van der Waals surface area contributed by atoms with Crippen molar-refractivity contribution in [2.45, 2.75) is 0 Å². The minimum Gasteiger partial charge on any atom is -0.497 e. The van der Waals surface area contributed by atoms with Crippen LogP contribution in [0.2, 0.25) is 0 Å². The molecule has 0 saturated carbocycles. The second-order valence-electron chi connectivity index (χ2n) is 4.14. The number of ether oxygens (including phenoxy) is 1. The normalized spacial score (nSPS) is 10.5. The van der Waals surface area contributed by atoms with Crippen LogP contribution in [0.1, 0.15) is 0 Å². The Hall–Kier alpha value is -2.74. The lowest BCUT2D eigenvalue weighted by atomic mass is 10.1. The molecule has 0 amide bonds. The lowest BCUT2D eigenvalue weighted by Gasteiger charge is -2.03. The Labute approximate surface area is 123 Å². The van der Waals surface area contributed by atoms with Gasteiger partial charge in [0.15, 0.2) is 0 Å². The molecule has 0 aliphatic heterocycles. The summed E-state index contributed by atoms with van der Waals surface area (Å²) in [6.45, 7) is 0. The van der Waals surface area contributed by atoms with Crippen molar-refractivity contribution in [2.24, 2.45) is 0 Å². The third kappa shape index (κ3) is 2.61. The Bertz CT molecular complexity index is 879. The van der Waals surface area contributed by atoms with Gasteiger partial charge < -0.3 is 9.15 Å². The van der Waals surface area contributed by atoms with E-state index in [4.69, 9.17) is 21.4 Å². The van der Waals surface area contributed by atoms with E-state index in [2.05, 4.69) is 20.4 Å². The molecule has 0 radical (unpaired) electrons. The van der Waals surface area contributed by atoms with Gasteiger partial charge in [-0.1, -0.05) is 0 Å². The van der Waals surface area contributed by atoms with Gasteiger partial charge in [0.25, 0.3) is 16.3 Å². The molecule has 0 aliphatic rings. The third-order valence-electron chi connectivity index (χ3n) is 2.86. The van der Waals surface area contributed by atoms with Crippen molar-refractivity contribution >= 4 is 12.2 Å². The van der Waals surface area contributed by atoms with Crippen molar-refractivity contribution in [2.75, 3.05) is 7.11 Å². The molecule has 0 aliphatic carbocycles. The van der Waals surface area contributed by atoms with Gasteiger partial charge in [-0.3, -0.25) is 4.79 Å². The van der Waals surface area contributed by atoms with Gasteiger partial charge in [-0.05, 0) is 42.5 Å². The molecule has 2 heterocycles. The summed E-state index contributed by atoms with van der Waals surface area (Å²) in [5, 5.41) is 12.8. The van der Waals surface area contributed by atoms with Crippen LogP contribution in [-0.2, 0) is 0 Å². The van der Waals surface area contributed by atoms with E-state index in [-0.39, 0.29) is 16.3 Å². The number of rotatable bonds is 3. The quantitative estimate of drug-likeness (QED) is 0.720. The van der Waals surface area contributed by atoms with E-state index >= 15 is 0 Å². The number of H-pyrrole nitrogens is 2. The van der Waals surface area contributed by atoms with Gasteiger partial charge in [-0.25, -0.2) is 10.2 Å². The van der Waals surface area contributed by atoms with Crippen molar-refractivity contribution in [3.8, 4) is 28.5 Å². The Morgan fingerprint density at radius 3 is 2.57 bits per heavy atom. The Morgan fingerprint density at radius 2 is 1.95 bits per heavy atom. The molecular formula is C13H10N4O3S. The van der Waals surface area contributed by atoms with E-state index in [0.29, 0.717) is 5.69 Å². The number of nitrogens with one attached hydrogen (secondary N) is 2. The summed E-state index contributed by atoms with van der Waals surface area (Å²) < 4.78 is 10.3. The average molecular weight is 302 g/mol. The van der Waals surface area contributed by atoms with Crippen LogP contribution >= 0.6 is 12.2 Å². The maximum Gasteiger partial charge on any atom is 0.284 e. The van der Waals surface area contributed by atoms with Crippen LogP contribution < -0.4 is 10.3 Å². The molecular weight excluding hydrogens is 292 g/mol. The maximum absolute atomic E-state index is 11.8. The highest BCUT2D eigenvalue weighted by atomic mass is 32.1. The maximum atomic E-state index is 11.8. The lowest BCUT2D eigenvalue weighted by molar-refractivity contribution is 0.415. The lowest BCUT2D eigenvalue weighted by Crippen LogP contribution is -2.11. The summed E-state index contributed by atoms with van der Waals surface area (Å²) in [4.78, 5) is 11.9. The first-order valence-corrected chi connectivity index (χ1v) is 6.38. The molecule has 0 saturated heterocycles. The summed E-state index contributed by atoms with van der Waals surface area (Å²) in [5.41, 5.74) is 1.25. The number of aromatic amines is 2. The fourth-order valence-electron chi connectivity index (χ4n) is 1.82. The first kappa shape index (κ1) is 13.3. The Balaban J connectivity index is 2.08. The molecule has 8 heteroatoms. The van der Waals surface area contributed by atoms with Crippen LogP contribution in [-0.4, -0.2) is 27.5 Å². The van der Waals surface area contributed by atoms with Crippen molar-refractivity contribution in [3.05, 3.63) is 45.5 Å². The van der Waals surface area contributed by atoms with Crippen molar-refractivity contribution in [1.29, 1.82) is 0 Å². The first-order chi connectivity index (χ1) is 10.2. The van der Waals surface area contributed by atoms with E-state index in [1.807, 2.05) is 24.3 Å². The van der Waals surface area contributed by atoms with Crippen LogP contribution in [0.15, 0.2) is 39.5 Å². The summed E-state index contributed by atoms with van der Waals surface area (Å²) in [6, 6.07) is 8.88. The van der Waals surface area contributed by atoms with Crippen LogP contribution in [0.25, 0.3) is 22.7 Å². The molecule has 21 heavy (non-hydrogen) atoms. The van der Waals surface area contributed by atoms with Crippen molar-refractivity contribution < 1.29 is 9.15 Å². The summed E-state index contributed by atoms with van der Waals surface area (Å²) in [5.74, 6) is 0.861. The zero-order valence-electron chi connectivity index (χ0n) is 10.9. The van der Waals surface area contributed by atoms with Crippen LogP contribution in [0.4, 0.5) is 0 Å². The van der Waals surface area contributed by atoms with Crippen LogP contribution in [0.5, 0.6) is 5.75 Å². The second kappa shape index (κ2) is 5.33. The predicted molar refractivity (Wildman–Crippen MR) is 77.5 cm³/mol. The number of nitrogens with zero attached hydrogens (tertiary/aromatic N) is 2. The highest BCUT2D eigenvalue weighted by molar-refractivity contribution is 7.71. The fourth-order valence-corrected chi connectivity index (χ4v) is 1.94. The SMILES string of the molecule is COc1ccc(-c2cc(-c3n[nH]c(=S)o3)c(=O)[nH]n2)cc1. The Kier molecular flexibility index (Phi) is 3.36. The standard InChI is InChI=1S/C13H10N4O3S/c1-19-8-4-2-7(3-5-8)10-6-9(11(18)15-14-10)12-16-17-13(21)20-12/h2-6H,1H3,(H,15,18)(H,17,21). The molecule has 106 valence electrons. The zero-order valence-corrected chi connectivity index (χ0v) is 11.7. The van der Waals surface area contributed by atoms with Crippen LogP contribution in [0, 0.1) is 4.84 Å². The number of hydrogen-bond acceptors (Lipinski definition) is 6. The first-order valence-electron chi connectivity index (χ1n) is 5.97. The molecule has 0 fully saturated rings. The van der Waals surface area contributed by atoms with Gasteiger partial charge in [0, 0.05) is 5.56 Å². The fraction of sp³-hybridized carbons (Fsp3) is 0.0769. The number of methoxy groups -OCH3 is 1. The molecule has 0 atom stereocenters. The smallest absolute Gasteiger partial charge is 0.284 e. The minimum absolute atomic E-state index is 0.104. The van der Waals surface area contributed by atoms with Crippen LogP contribution in [0.3, 0.4) is 0 Å². The number of aromatic nitrogens is 4. The summed E-state index contributed by atoms with van der Waals surface area (Å²) >= 11 is 4.80. The predicted octanol–water partition coefficient (Wildman–Crippen LogP) is 2.16. The molecule has 3 rings (SSSR count). The molecule has 7 nitrogen and oxygen atoms in total. The average Bonchev–Trinajstić information content (AvgIpc) is 2.94. The highest BCUT2D eigenvalue weighted by Crippen LogP contribution is 2.22. The monoisotopic (exact) mass is 302 g/mol. The second-order valence-corrected chi connectivity index (χ2v) is 4.51. The van der Waals surface area contributed by atoms with Crippen molar-refractivity contribution in [1.82, 2.24) is 20.4 Å². The molecule has 2 N–H and O–H groups in total. The van der Waals surface area contributed by atoms with E-state index in [9.17, 15) is 4.79 Å². The van der Waals surface area contributed by atoms with Gasteiger partial charge in [0.1, 0.15) is 11.3 Å². The minimum atomic E-state index is -0.405. The molecule has 1 aromatic carbocycles. The van der Waals surface area contributed by atoms with Gasteiger partial charge in [-0.2, -0.15) is 5.10 Å². The summed E-state index contributed by atoms with van der Waals surface area (Å²) in [6.07, 6.45) is 0. The molecule has 2 aromatic heterocycles. The van der Waals surface area contributed by atoms with E-state index in [1.165, 1.54) is 0 Å². The van der Waals surface area contributed by atoms with Crippen molar-refractivity contribution in [3.63, 3.8) is 0 Å². The van der Waals surface area contributed by atoms with Gasteiger partial charge in [0.05, 0.1) is 12.8 Å². The third-order valence-corrected chi connectivity index (χ3v) is 3.03. The molecule has 0 bridgehead atoms.